The first-order valence-corrected chi connectivity index (χ1v) is 16.3. The van der Waals surface area contributed by atoms with Crippen LogP contribution in [0.2, 0.25) is 5.02 Å². The topological polar surface area (TPSA) is 90.0 Å². The number of fused-ring (bicyclic) bond motifs is 3. The van der Waals surface area contributed by atoms with Crippen LogP contribution in [0, 0.1) is 11.2 Å². The number of rotatable bonds is 5. The minimum absolute atomic E-state index is 0.00915. The zero-order valence-electron chi connectivity index (χ0n) is 25.7. The highest BCUT2D eigenvalue weighted by molar-refractivity contribution is 6.30. The lowest BCUT2D eigenvalue weighted by Crippen LogP contribution is -2.56. The van der Waals surface area contributed by atoms with Crippen molar-refractivity contribution in [2.45, 2.75) is 83.5 Å². The Labute approximate surface area is 267 Å². The number of piperazine rings is 1. The number of piperidine rings is 1. The van der Waals surface area contributed by atoms with Gasteiger partial charge in [0.15, 0.2) is 0 Å². The molecule has 3 atom stereocenters. The second-order valence-electron chi connectivity index (χ2n) is 14.1. The van der Waals surface area contributed by atoms with Crippen LogP contribution in [-0.2, 0) is 16.1 Å². The molecule has 4 amide bonds. The Morgan fingerprint density at radius 2 is 1.73 bits per heavy atom. The van der Waals surface area contributed by atoms with Crippen LogP contribution in [0.4, 0.5) is 4.39 Å². The number of amides is 4. The van der Waals surface area contributed by atoms with Crippen molar-refractivity contribution in [3.8, 4) is 0 Å². The maximum absolute atomic E-state index is 15.5. The number of carbonyl (C=O) groups excluding carboxylic acids is 4. The Bertz CT molecular complexity index is 1620. The van der Waals surface area contributed by atoms with E-state index in [0.717, 1.165) is 62.8 Å². The molecule has 1 N–H and O–H groups in total. The fourth-order valence-electron chi connectivity index (χ4n) is 8.08. The molecular formula is C35H38ClFN4O4. The van der Waals surface area contributed by atoms with Crippen molar-refractivity contribution in [3.63, 3.8) is 0 Å². The van der Waals surface area contributed by atoms with E-state index in [1.807, 2.05) is 17.0 Å². The number of carbonyl (C=O) groups is 4. The lowest BCUT2D eigenvalue weighted by atomic mass is 9.72. The average molecular weight is 633 g/mol. The average Bonchev–Trinajstić information content (AvgIpc) is 3.45. The number of likely N-dealkylation sites (tertiary alicyclic amines) is 1. The van der Waals surface area contributed by atoms with Crippen molar-refractivity contribution in [1.82, 2.24) is 20.0 Å². The summed E-state index contributed by atoms with van der Waals surface area (Å²) >= 11 is 6.19. The Kier molecular flexibility index (Phi) is 7.60. The van der Waals surface area contributed by atoms with E-state index >= 15 is 4.39 Å². The third-order valence-corrected chi connectivity index (χ3v) is 10.7. The Balaban J connectivity index is 1.08. The van der Waals surface area contributed by atoms with Crippen molar-refractivity contribution in [2.75, 3.05) is 19.6 Å². The predicted molar refractivity (Wildman–Crippen MR) is 168 cm³/mol. The first kappa shape index (κ1) is 30.1. The maximum Gasteiger partial charge on any atom is 0.257 e. The van der Waals surface area contributed by atoms with Gasteiger partial charge in [-0.15, -0.1) is 0 Å². The van der Waals surface area contributed by atoms with E-state index in [9.17, 15) is 19.2 Å². The first-order valence-electron chi connectivity index (χ1n) is 16.0. The van der Waals surface area contributed by atoms with Crippen molar-refractivity contribution in [3.05, 3.63) is 75.1 Å². The molecule has 4 aliphatic heterocycles. The highest BCUT2D eigenvalue weighted by Gasteiger charge is 2.45. The van der Waals surface area contributed by atoms with Crippen LogP contribution in [0.5, 0.6) is 0 Å². The molecule has 7 rings (SSSR count). The highest BCUT2D eigenvalue weighted by atomic mass is 35.5. The third-order valence-electron chi connectivity index (χ3n) is 10.4. The van der Waals surface area contributed by atoms with E-state index in [4.69, 9.17) is 11.6 Å². The molecule has 236 valence electrons. The van der Waals surface area contributed by atoms with E-state index < -0.39 is 23.7 Å². The van der Waals surface area contributed by atoms with Crippen LogP contribution in [0.15, 0.2) is 42.0 Å². The highest BCUT2D eigenvalue weighted by Crippen LogP contribution is 2.44. The molecule has 5 aliphatic rings. The number of nitrogens with one attached hydrogen (secondary N) is 1. The smallest absolute Gasteiger partial charge is 0.257 e. The standard InChI is InChI=1S/C35H38ClFN4O4/c1-35(2)12-11-21(28(15-35)20-3-5-23(36)6-4-20)16-39-18-24-7-8-25(19-39)41(24)34(45)27-13-22-17-40(33(44)26(22)14-29(27)37)30-9-10-31(42)38-32(30)43/h3-6,13-14,24-25,30H,7-12,15-19H2,1-2H3,(H,38,42,43). The van der Waals surface area contributed by atoms with Crippen LogP contribution in [0.25, 0.3) is 5.57 Å². The lowest BCUT2D eigenvalue weighted by molar-refractivity contribution is -0.136. The van der Waals surface area contributed by atoms with Gasteiger partial charge < -0.3 is 9.80 Å². The van der Waals surface area contributed by atoms with Crippen molar-refractivity contribution < 1.29 is 23.6 Å². The number of nitrogens with zero attached hydrogens (tertiary/aromatic N) is 3. The summed E-state index contributed by atoms with van der Waals surface area (Å²) in [7, 11) is 0. The SMILES string of the molecule is CC1(C)CCC(CN2CC3CCC(C2)N3C(=O)c2cc3c(cc2F)C(=O)N(C2CCC(=O)NC2=O)C3)=C(c2ccc(Cl)cc2)C1. The van der Waals surface area contributed by atoms with Gasteiger partial charge in [-0.1, -0.05) is 43.2 Å². The van der Waals surface area contributed by atoms with Crippen LogP contribution in [-0.4, -0.2) is 76.1 Å². The summed E-state index contributed by atoms with van der Waals surface area (Å²) in [5.74, 6) is -2.40. The summed E-state index contributed by atoms with van der Waals surface area (Å²) in [6.45, 7) is 7.07. The zero-order chi connectivity index (χ0) is 31.6. The van der Waals surface area contributed by atoms with Crippen molar-refractivity contribution in [1.29, 1.82) is 0 Å². The Morgan fingerprint density at radius 3 is 2.42 bits per heavy atom. The number of halogens is 2. The minimum Gasteiger partial charge on any atom is -0.330 e. The molecule has 2 aromatic carbocycles. The largest absolute Gasteiger partial charge is 0.330 e. The van der Waals surface area contributed by atoms with E-state index in [-0.39, 0.29) is 59.8 Å². The van der Waals surface area contributed by atoms with Crippen molar-refractivity contribution in [2.24, 2.45) is 5.41 Å². The van der Waals surface area contributed by atoms with Crippen LogP contribution >= 0.6 is 11.6 Å². The molecule has 2 bridgehead atoms. The number of hydrogen-bond donors (Lipinski definition) is 1. The molecule has 1 aliphatic carbocycles. The molecule has 3 saturated heterocycles. The van der Waals surface area contributed by atoms with Crippen LogP contribution in [0.1, 0.15) is 90.6 Å². The fourth-order valence-corrected chi connectivity index (χ4v) is 8.20. The molecule has 3 unspecified atom stereocenters. The van der Waals surface area contributed by atoms with Crippen molar-refractivity contribution >= 4 is 40.8 Å². The molecule has 0 aromatic heterocycles. The van der Waals surface area contributed by atoms with E-state index in [0.29, 0.717) is 5.56 Å². The quantitative estimate of drug-likeness (QED) is 0.458. The molecule has 3 fully saturated rings. The summed E-state index contributed by atoms with van der Waals surface area (Å²) in [6, 6.07) is 9.96. The predicted octanol–water partition coefficient (Wildman–Crippen LogP) is 5.19. The van der Waals surface area contributed by atoms with E-state index in [2.05, 4.69) is 36.2 Å². The second kappa shape index (κ2) is 11.4. The minimum atomic E-state index is -0.792. The van der Waals surface area contributed by atoms with Gasteiger partial charge in [0.25, 0.3) is 11.8 Å². The summed E-state index contributed by atoms with van der Waals surface area (Å²) in [5.41, 5.74) is 4.97. The molecular weight excluding hydrogens is 595 g/mol. The second-order valence-corrected chi connectivity index (χ2v) is 14.5. The molecule has 4 heterocycles. The van der Waals surface area contributed by atoms with Gasteiger partial charge in [0.05, 0.1) is 5.56 Å². The van der Waals surface area contributed by atoms with Gasteiger partial charge in [0.2, 0.25) is 11.8 Å². The normalized spacial score (nSPS) is 26.4. The third kappa shape index (κ3) is 5.58. The molecule has 2 aromatic rings. The monoisotopic (exact) mass is 632 g/mol. The summed E-state index contributed by atoms with van der Waals surface area (Å²) in [5, 5.41) is 3.01. The fraction of sp³-hybridized carbons (Fsp3) is 0.486. The van der Waals surface area contributed by atoms with Crippen LogP contribution in [0.3, 0.4) is 0 Å². The molecule has 45 heavy (non-hydrogen) atoms. The number of imide groups is 1. The van der Waals surface area contributed by atoms with Gasteiger partial charge in [0.1, 0.15) is 11.9 Å². The van der Waals surface area contributed by atoms with Gasteiger partial charge in [-0.25, -0.2) is 4.39 Å². The van der Waals surface area contributed by atoms with Crippen LogP contribution < -0.4 is 5.32 Å². The summed E-state index contributed by atoms with van der Waals surface area (Å²) < 4.78 is 15.5. The Hall–Kier alpha value is -3.56. The van der Waals surface area contributed by atoms with Gasteiger partial charge in [-0.05, 0) is 84.9 Å². The van der Waals surface area contributed by atoms with Gasteiger partial charge in [-0.3, -0.25) is 29.4 Å². The van der Waals surface area contributed by atoms with E-state index in [1.54, 1.807) is 0 Å². The number of benzene rings is 2. The maximum atomic E-state index is 15.5. The van der Waals surface area contributed by atoms with E-state index in [1.165, 1.54) is 27.7 Å². The van der Waals surface area contributed by atoms with Gasteiger partial charge in [0, 0.05) is 55.3 Å². The van der Waals surface area contributed by atoms with Gasteiger partial charge in [-0.2, -0.15) is 0 Å². The number of allylic oxidation sites excluding steroid dienone is 1. The number of hydrogen-bond acceptors (Lipinski definition) is 5. The zero-order valence-corrected chi connectivity index (χ0v) is 26.5. The van der Waals surface area contributed by atoms with Gasteiger partial charge >= 0.3 is 0 Å². The molecule has 8 nitrogen and oxygen atoms in total. The lowest BCUT2D eigenvalue weighted by Gasteiger charge is -2.43. The summed E-state index contributed by atoms with van der Waals surface area (Å²) in [4.78, 5) is 56.8. The Morgan fingerprint density at radius 1 is 1.02 bits per heavy atom. The molecule has 0 radical (unpaired) electrons. The molecule has 0 spiro atoms. The first-order chi connectivity index (χ1) is 21.5. The molecule has 10 heteroatoms. The summed E-state index contributed by atoms with van der Waals surface area (Å²) in [6.07, 6.45) is 5.29. The molecule has 0 saturated carbocycles.